The first-order valence-corrected chi connectivity index (χ1v) is 13.6. The van der Waals surface area contributed by atoms with E-state index in [4.69, 9.17) is 14.7 Å². The normalized spacial score (nSPS) is 15.6. The summed E-state index contributed by atoms with van der Waals surface area (Å²) in [6.45, 7) is 2.64. The molecule has 0 spiro atoms. The van der Waals surface area contributed by atoms with Gasteiger partial charge < -0.3 is 14.2 Å². The molecule has 8 nitrogen and oxygen atoms in total. The number of nitriles is 1. The number of methoxy groups -OCH3 is 1. The molecule has 0 bridgehead atoms. The number of hydrogen-bond donors (Lipinski definition) is 0. The molecule has 4 aromatic heterocycles. The van der Waals surface area contributed by atoms with Gasteiger partial charge in [-0.05, 0) is 75.6 Å². The molecule has 5 heterocycles. The highest BCUT2D eigenvalue weighted by molar-refractivity contribution is 5.88. The molecule has 8 heteroatoms. The van der Waals surface area contributed by atoms with Crippen molar-refractivity contribution in [3.8, 4) is 34.2 Å². The lowest BCUT2D eigenvalue weighted by molar-refractivity contribution is 0.277. The molecule has 1 aliphatic heterocycles. The van der Waals surface area contributed by atoms with Gasteiger partial charge in [-0.3, -0.25) is 4.40 Å². The highest BCUT2D eigenvalue weighted by atomic mass is 16.5. The van der Waals surface area contributed by atoms with Crippen LogP contribution in [0.25, 0.3) is 39.1 Å². The second kappa shape index (κ2) is 10.5. The summed E-state index contributed by atoms with van der Waals surface area (Å²) >= 11 is 0. The number of ether oxygens (including phenoxy) is 1. The Morgan fingerprint density at radius 1 is 0.974 bits per heavy atom. The van der Waals surface area contributed by atoms with E-state index in [1.807, 2.05) is 48.0 Å². The van der Waals surface area contributed by atoms with E-state index in [1.54, 1.807) is 19.6 Å². The summed E-state index contributed by atoms with van der Waals surface area (Å²) in [5.41, 5.74) is 7.13. The molecule has 39 heavy (non-hydrogen) atoms. The summed E-state index contributed by atoms with van der Waals surface area (Å²) in [4.78, 5) is 16.4. The average molecular weight is 520 g/mol. The van der Waals surface area contributed by atoms with Gasteiger partial charge in [-0.25, -0.2) is 15.0 Å². The SMILES string of the molecule is CN1CCCCC1.COc1cc(-c2ccc(C#N)cc2)c(-c2cnc3c(c2)nc(C2CC2)n3C)n2cncc12. The number of aromatic nitrogens is 5. The van der Waals surface area contributed by atoms with Crippen molar-refractivity contribution in [1.82, 2.24) is 28.8 Å². The number of benzene rings is 1. The fraction of sp³-hybridized carbons (Fsp3) is 0.355. The summed E-state index contributed by atoms with van der Waals surface area (Å²) in [6, 6.07) is 13.9. The third-order valence-corrected chi connectivity index (χ3v) is 7.75. The molecule has 1 saturated carbocycles. The standard InChI is InChI=1S/C25H20N6O.C6H13N/c1-30-24(17-7-8-17)29-20-9-18(12-28-25(20)30)23-19(16-5-3-15(11-26)4-6-16)10-22(32-2)21-13-27-14-31(21)23;1-7-5-3-2-4-6-7/h3-6,9-10,12-14,17H,7-8H2,1-2H3;2-6H2,1H3. The second-order valence-electron chi connectivity index (χ2n) is 10.5. The van der Waals surface area contributed by atoms with Crippen LogP contribution in [0.2, 0.25) is 0 Å². The molecule has 2 aliphatic rings. The minimum absolute atomic E-state index is 0.549. The largest absolute Gasteiger partial charge is 0.494 e. The van der Waals surface area contributed by atoms with Gasteiger partial charge in [0.1, 0.15) is 22.6 Å². The van der Waals surface area contributed by atoms with Crippen molar-refractivity contribution in [2.24, 2.45) is 7.05 Å². The quantitative estimate of drug-likeness (QED) is 0.298. The number of piperidine rings is 1. The first kappa shape index (κ1) is 25.1. The molecule has 7 rings (SSSR count). The second-order valence-corrected chi connectivity index (χ2v) is 10.5. The summed E-state index contributed by atoms with van der Waals surface area (Å²) in [6.07, 6.45) is 12.1. The van der Waals surface area contributed by atoms with Crippen molar-refractivity contribution in [2.45, 2.75) is 38.0 Å². The van der Waals surface area contributed by atoms with Gasteiger partial charge >= 0.3 is 0 Å². The van der Waals surface area contributed by atoms with Gasteiger partial charge in [-0.1, -0.05) is 18.6 Å². The van der Waals surface area contributed by atoms with Crippen LogP contribution in [-0.2, 0) is 7.05 Å². The Labute approximate surface area is 228 Å². The van der Waals surface area contributed by atoms with E-state index in [0.717, 1.165) is 50.6 Å². The lowest BCUT2D eigenvalue weighted by Gasteiger charge is -2.20. The van der Waals surface area contributed by atoms with E-state index in [2.05, 4.69) is 33.6 Å². The van der Waals surface area contributed by atoms with E-state index in [9.17, 15) is 5.26 Å². The molecule has 0 radical (unpaired) electrons. The van der Waals surface area contributed by atoms with Crippen LogP contribution >= 0.6 is 0 Å². The maximum atomic E-state index is 9.20. The molecule has 0 amide bonds. The molecule has 0 unspecified atom stereocenters. The topological polar surface area (TPSA) is 84.3 Å². The Hall–Kier alpha value is -4.22. The zero-order valence-corrected chi connectivity index (χ0v) is 22.8. The molecular formula is C31H33N7O. The van der Waals surface area contributed by atoms with Crippen molar-refractivity contribution >= 4 is 16.7 Å². The van der Waals surface area contributed by atoms with E-state index in [-0.39, 0.29) is 0 Å². The predicted octanol–water partition coefficient (Wildman–Crippen LogP) is 5.81. The van der Waals surface area contributed by atoms with Gasteiger partial charge in [0, 0.05) is 30.3 Å². The number of likely N-dealkylation sites (tertiary alicyclic amines) is 1. The molecule has 1 aromatic carbocycles. The van der Waals surface area contributed by atoms with Crippen LogP contribution in [0.15, 0.2) is 55.1 Å². The molecule has 1 saturated heterocycles. The number of rotatable bonds is 4. The molecule has 0 N–H and O–H groups in total. The molecule has 2 fully saturated rings. The third-order valence-electron chi connectivity index (χ3n) is 7.75. The van der Waals surface area contributed by atoms with E-state index in [0.29, 0.717) is 11.5 Å². The summed E-state index contributed by atoms with van der Waals surface area (Å²) < 4.78 is 9.80. The van der Waals surface area contributed by atoms with Gasteiger partial charge in [0.05, 0.1) is 37.0 Å². The number of aryl methyl sites for hydroxylation is 1. The zero-order valence-electron chi connectivity index (χ0n) is 22.8. The average Bonchev–Trinajstić information content (AvgIpc) is 3.60. The Morgan fingerprint density at radius 2 is 1.74 bits per heavy atom. The maximum Gasteiger partial charge on any atom is 0.159 e. The molecule has 5 aromatic rings. The highest BCUT2D eigenvalue weighted by Crippen LogP contribution is 2.41. The Kier molecular flexibility index (Phi) is 6.76. The predicted molar refractivity (Wildman–Crippen MR) is 153 cm³/mol. The smallest absolute Gasteiger partial charge is 0.159 e. The number of fused-ring (bicyclic) bond motifs is 2. The van der Waals surface area contributed by atoms with Gasteiger partial charge in [0.15, 0.2) is 5.65 Å². The van der Waals surface area contributed by atoms with Crippen LogP contribution in [-0.4, -0.2) is 56.1 Å². The van der Waals surface area contributed by atoms with Crippen molar-refractivity contribution < 1.29 is 4.74 Å². The Bertz CT molecular complexity index is 1670. The lowest BCUT2D eigenvalue weighted by atomic mass is 9.98. The van der Waals surface area contributed by atoms with Gasteiger partial charge in [-0.15, -0.1) is 0 Å². The molecular weight excluding hydrogens is 486 g/mol. The fourth-order valence-corrected chi connectivity index (χ4v) is 5.44. The van der Waals surface area contributed by atoms with E-state index in [1.165, 1.54) is 45.2 Å². The number of nitrogens with zero attached hydrogens (tertiary/aromatic N) is 7. The van der Waals surface area contributed by atoms with Crippen LogP contribution in [0.5, 0.6) is 5.75 Å². The Balaban J connectivity index is 0.000000346. The number of imidazole rings is 2. The van der Waals surface area contributed by atoms with Crippen LogP contribution < -0.4 is 4.74 Å². The van der Waals surface area contributed by atoms with E-state index < -0.39 is 0 Å². The monoisotopic (exact) mass is 519 g/mol. The lowest BCUT2D eigenvalue weighted by Crippen LogP contribution is -2.24. The van der Waals surface area contributed by atoms with Crippen molar-refractivity contribution in [1.29, 1.82) is 5.26 Å². The van der Waals surface area contributed by atoms with Gasteiger partial charge in [0.25, 0.3) is 0 Å². The van der Waals surface area contributed by atoms with Crippen LogP contribution in [0.3, 0.4) is 0 Å². The minimum atomic E-state index is 0.549. The third kappa shape index (κ3) is 4.86. The van der Waals surface area contributed by atoms with Crippen molar-refractivity contribution in [3.05, 3.63) is 66.5 Å². The summed E-state index contributed by atoms with van der Waals surface area (Å²) in [7, 11) is 5.89. The van der Waals surface area contributed by atoms with Crippen molar-refractivity contribution in [3.63, 3.8) is 0 Å². The van der Waals surface area contributed by atoms with Crippen LogP contribution in [0, 0.1) is 11.3 Å². The zero-order chi connectivity index (χ0) is 26.9. The maximum absolute atomic E-state index is 9.20. The molecule has 0 atom stereocenters. The minimum Gasteiger partial charge on any atom is -0.494 e. The van der Waals surface area contributed by atoms with Crippen molar-refractivity contribution in [2.75, 3.05) is 27.2 Å². The van der Waals surface area contributed by atoms with E-state index >= 15 is 0 Å². The van der Waals surface area contributed by atoms with Gasteiger partial charge in [0.2, 0.25) is 0 Å². The molecule has 1 aliphatic carbocycles. The summed E-state index contributed by atoms with van der Waals surface area (Å²) in [5, 5.41) is 9.20. The number of hydrogen-bond acceptors (Lipinski definition) is 6. The number of pyridine rings is 2. The van der Waals surface area contributed by atoms with Crippen LogP contribution in [0.1, 0.15) is 49.4 Å². The highest BCUT2D eigenvalue weighted by Gasteiger charge is 2.29. The first-order valence-electron chi connectivity index (χ1n) is 13.6. The van der Waals surface area contributed by atoms with Gasteiger partial charge in [-0.2, -0.15) is 5.26 Å². The fourth-order valence-electron chi connectivity index (χ4n) is 5.44. The summed E-state index contributed by atoms with van der Waals surface area (Å²) in [5.74, 6) is 2.39. The molecule has 198 valence electrons. The first-order chi connectivity index (χ1) is 19.1. The Morgan fingerprint density at radius 3 is 2.38 bits per heavy atom. The van der Waals surface area contributed by atoms with Crippen LogP contribution in [0.4, 0.5) is 0 Å².